The third-order valence-electron chi connectivity index (χ3n) is 3.24. The van der Waals surface area contributed by atoms with Crippen molar-refractivity contribution >= 4 is 22.5 Å². The highest BCUT2D eigenvalue weighted by Crippen LogP contribution is 2.37. The summed E-state index contributed by atoms with van der Waals surface area (Å²) in [6.45, 7) is 1.40. The Morgan fingerprint density at radius 3 is 2.72 bits per heavy atom. The van der Waals surface area contributed by atoms with Gasteiger partial charge in [-0.1, -0.05) is 11.6 Å². The molecule has 1 aliphatic rings. The van der Waals surface area contributed by atoms with Crippen molar-refractivity contribution in [3.05, 3.63) is 34.0 Å². The molecule has 2 heterocycles. The molecule has 0 unspecified atom stereocenters. The summed E-state index contributed by atoms with van der Waals surface area (Å²) in [5, 5.41) is 3.84. The van der Waals surface area contributed by atoms with Crippen molar-refractivity contribution in [3.8, 4) is 0 Å². The maximum absolute atomic E-state index is 12.7. The van der Waals surface area contributed by atoms with E-state index in [1.54, 1.807) is 0 Å². The molecule has 96 valence electrons. The molecule has 0 amide bonds. The molecule has 2 aromatic rings. The molecular weight excluding hydrogens is 265 g/mol. The van der Waals surface area contributed by atoms with Gasteiger partial charge in [0.05, 0.1) is 16.1 Å². The van der Waals surface area contributed by atoms with Crippen LogP contribution in [0, 0.1) is 0 Å². The van der Waals surface area contributed by atoms with Crippen LogP contribution in [0.15, 0.2) is 12.1 Å². The quantitative estimate of drug-likeness (QED) is 0.756. The van der Waals surface area contributed by atoms with Crippen molar-refractivity contribution in [2.24, 2.45) is 0 Å². The molecule has 1 aliphatic heterocycles. The van der Waals surface area contributed by atoms with Gasteiger partial charge in [-0.3, -0.25) is 0 Å². The third kappa shape index (κ3) is 1.78. The van der Waals surface area contributed by atoms with E-state index in [1.807, 2.05) is 0 Å². The van der Waals surface area contributed by atoms with Crippen LogP contribution < -0.4 is 5.32 Å². The molecule has 2 N–H and O–H groups in total. The highest BCUT2D eigenvalue weighted by molar-refractivity contribution is 6.35. The smallest absolute Gasteiger partial charge is 0.357 e. The second-order valence-electron chi connectivity index (χ2n) is 4.39. The summed E-state index contributed by atoms with van der Waals surface area (Å²) in [5.41, 5.74) is 1.76. The van der Waals surface area contributed by atoms with Gasteiger partial charge in [-0.15, -0.1) is 0 Å². The normalized spacial score (nSPS) is 16.0. The van der Waals surface area contributed by atoms with E-state index in [-0.39, 0.29) is 5.02 Å². The van der Waals surface area contributed by atoms with Gasteiger partial charge in [-0.2, -0.15) is 13.2 Å². The molecular formula is C12H10ClF3N2. The summed E-state index contributed by atoms with van der Waals surface area (Å²) < 4.78 is 38.2. The summed E-state index contributed by atoms with van der Waals surface area (Å²) in [6, 6.07) is 2.14. The van der Waals surface area contributed by atoms with E-state index in [1.165, 1.54) is 6.07 Å². The summed E-state index contributed by atoms with van der Waals surface area (Å²) >= 11 is 5.94. The average molecular weight is 275 g/mol. The molecule has 0 saturated carbocycles. The Hall–Kier alpha value is -1.20. The van der Waals surface area contributed by atoms with Gasteiger partial charge in [-0.05, 0) is 17.7 Å². The van der Waals surface area contributed by atoms with Crippen LogP contribution in [0.2, 0.25) is 5.02 Å². The van der Waals surface area contributed by atoms with Crippen LogP contribution in [0.25, 0.3) is 10.9 Å². The summed E-state index contributed by atoms with van der Waals surface area (Å²) in [5.74, 6) is 0. The Bertz CT molecular complexity index is 616. The van der Waals surface area contributed by atoms with Crippen LogP contribution in [0.3, 0.4) is 0 Å². The Morgan fingerprint density at radius 2 is 2.00 bits per heavy atom. The number of hydrogen-bond acceptors (Lipinski definition) is 1. The number of benzene rings is 1. The maximum Gasteiger partial charge on any atom is 0.416 e. The van der Waals surface area contributed by atoms with Crippen LogP contribution >= 0.6 is 11.6 Å². The molecule has 1 aromatic heterocycles. The van der Waals surface area contributed by atoms with Crippen LogP contribution in [0.1, 0.15) is 16.8 Å². The largest absolute Gasteiger partial charge is 0.416 e. The lowest BCUT2D eigenvalue weighted by molar-refractivity contribution is -0.137. The van der Waals surface area contributed by atoms with Crippen LogP contribution in [0.5, 0.6) is 0 Å². The minimum absolute atomic E-state index is 0.120. The Morgan fingerprint density at radius 1 is 1.22 bits per heavy atom. The number of nitrogens with one attached hydrogen (secondary N) is 2. The third-order valence-corrected chi connectivity index (χ3v) is 3.53. The summed E-state index contributed by atoms with van der Waals surface area (Å²) in [7, 11) is 0. The molecule has 0 fully saturated rings. The number of hydrogen-bond donors (Lipinski definition) is 2. The van der Waals surface area contributed by atoms with E-state index in [0.29, 0.717) is 17.4 Å². The topological polar surface area (TPSA) is 27.8 Å². The highest BCUT2D eigenvalue weighted by Gasteiger charge is 2.32. The van der Waals surface area contributed by atoms with Crippen LogP contribution in [-0.4, -0.2) is 11.5 Å². The van der Waals surface area contributed by atoms with Gasteiger partial charge in [0, 0.05) is 30.6 Å². The first kappa shape index (κ1) is 11.9. The van der Waals surface area contributed by atoms with Crippen molar-refractivity contribution in [1.29, 1.82) is 0 Å². The zero-order valence-electron chi connectivity index (χ0n) is 9.29. The Balaban J connectivity index is 2.28. The fourth-order valence-electron chi connectivity index (χ4n) is 2.37. The lowest BCUT2D eigenvalue weighted by atomic mass is 10.0. The van der Waals surface area contributed by atoms with E-state index < -0.39 is 11.7 Å². The highest BCUT2D eigenvalue weighted by atomic mass is 35.5. The predicted molar refractivity (Wildman–Crippen MR) is 63.7 cm³/mol. The number of aromatic nitrogens is 1. The van der Waals surface area contributed by atoms with Crippen LogP contribution in [-0.2, 0) is 19.1 Å². The number of aromatic amines is 1. The second-order valence-corrected chi connectivity index (χ2v) is 4.79. The van der Waals surface area contributed by atoms with Crippen LogP contribution in [0.4, 0.5) is 13.2 Å². The minimum Gasteiger partial charge on any atom is -0.357 e. The molecule has 0 spiro atoms. The van der Waals surface area contributed by atoms with Gasteiger partial charge in [0.15, 0.2) is 0 Å². The zero-order valence-corrected chi connectivity index (χ0v) is 10.0. The number of H-pyrrole nitrogens is 1. The van der Waals surface area contributed by atoms with E-state index in [0.717, 1.165) is 30.3 Å². The molecule has 0 saturated heterocycles. The lowest BCUT2D eigenvalue weighted by Crippen LogP contribution is -2.22. The number of alkyl halides is 3. The van der Waals surface area contributed by atoms with Gasteiger partial charge in [0.2, 0.25) is 0 Å². The van der Waals surface area contributed by atoms with Crippen molar-refractivity contribution < 1.29 is 13.2 Å². The van der Waals surface area contributed by atoms with Gasteiger partial charge in [0.25, 0.3) is 0 Å². The average Bonchev–Trinajstić information content (AvgIpc) is 2.67. The lowest BCUT2D eigenvalue weighted by Gasteiger charge is -2.13. The standard InChI is InChI=1S/C12H10ClF3N2/c13-9-4-6(12(14,15)16)3-7-8-5-17-2-1-10(8)18-11(7)9/h3-4,17-18H,1-2,5H2. The fraction of sp³-hybridized carbons (Fsp3) is 0.333. The van der Waals surface area contributed by atoms with Crippen molar-refractivity contribution in [1.82, 2.24) is 10.3 Å². The first-order chi connectivity index (χ1) is 8.47. The van der Waals surface area contributed by atoms with Gasteiger partial charge < -0.3 is 10.3 Å². The Kier molecular flexibility index (Phi) is 2.57. The van der Waals surface area contributed by atoms with E-state index in [9.17, 15) is 13.2 Å². The molecule has 1 aromatic carbocycles. The molecule has 0 bridgehead atoms. The van der Waals surface area contributed by atoms with Gasteiger partial charge >= 0.3 is 6.18 Å². The second kappa shape index (κ2) is 3.90. The van der Waals surface area contributed by atoms with Gasteiger partial charge in [0.1, 0.15) is 0 Å². The van der Waals surface area contributed by atoms with E-state index >= 15 is 0 Å². The molecule has 6 heteroatoms. The predicted octanol–water partition coefficient (Wildman–Crippen LogP) is 3.49. The minimum atomic E-state index is -4.37. The number of rotatable bonds is 0. The van der Waals surface area contributed by atoms with E-state index in [4.69, 9.17) is 11.6 Å². The summed E-state index contributed by atoms with van der Waals surface area (Å²) in [6.07, 6.45) is -3.59. The monoisotopic (exact) mass is 274 g/mol. The first-order valence-electron chi connectivity index (χ1n) is 5.57. The Labute approximate surface area is 106 Å². The zero-order chi connectivity index (χ0) is 12.9. The number of halogens is 4. The molecule has 0 radical (unpaired) electrons. The van der Waals surface area contributed by atoms with Crippen molar-refractivity contribution in [2.75, 3.05) is 6.54 Å². The molecule has 0 atom stereocenters. The maximum atomic E-state index is 12.7. The molecule has 0 aliphatic carbocycles. The van der Waals surface area contributed by atoms with Gasteiger partial charge in [-0.25, -0.2) is 0 Å². The van der Waals surface area contributed by atoms with E-state index in [2.05, 4.69) is 10.3 Å². The molecule has 3 rings (SSSR count). The van der Waals surface area contributed by atoms with Crippen molar-refractivity contribution in [3.63, 3.8) is 0 Å². The molecule has 2 nitrogen and oxygen atoms in total. The number of fused-ring (bicyclic) bond motifs is 3. The first-order valence-corrected chi connectivity index (χ1v) is 5.95. The fourth-order valence-corrected chi connectivity index (χ4v) is 2.63. The van der Waals surface area contributed by atoms with Crippen molar-refractivity contribution in [2.45, 2.75) is 19.1 Å². The summed E-state index contributed by atoms with van der Waals surface area (Å²) in [4.78, 5) is 3.12. The SMILES string of the molecule is FC(F)(F)c1cc(Cl)c2[nH]c3c(c2c1)CNCC3. The molecule has 18 heavy (non-hydrogen) atoms.